The summed E-state index contributed by atoms with van der Waals surface area (Å²) in [4.78, 5) is 12.8. The smallest absolute Gasteiger partial charge is 0.404 e. The Bertz CT molecular complexity index is 422. The number of nitrogens with one attached hydrogen (secondary N) is 1. The molecule has 0 aromatic heterocycles. The minimum absolute atomic E-state index is 0.0492. The van der Waals surface area contributed by atoms with E-state index in [0.29, 0.717) is 0 Å². The van der Waals surface area contributed by atoms with Crippen molar-refractivity contribution in [3.05, 3.63) is 29.8 Å². The molecular formula is C13H18N2O3. The lowest BCUT2D eigenvalue weighted by atomic mass is 10.2. The zero-order valence-corrected chi connectivity index (χ0v) is 10.4. The van der Waals surface area contributed by atoms with Gasteiger partial charge in [0.2, 0.25) is 0 Å². The summed E-state index contributed by atoms with van der Waals surface area (Å²) in [5.74, 6) is 0.854. The number of likely N-dealkylation sites (tertiary alicyclic amines) is 1. The fraction of sp³-hybridized carbons (Fsp3) is 0.462. The van der Waals surface area contributed by atoms with Crippen molar-refractivity contribution in [3.63, 3.8) is 0 Å². The molecule has 0 unspecified atom stereocenters. The second kappa shape index (κ2) is 5.73. The van der Waals surface area contributed by atoms with Crippen LogP contribution in [-0.2, 0) is 6.54 Å². The zero-order chi connectivity index (χ0) is 13.0. The first-order chi connectivity index (χ1) is 8.67. The van der Waals surface area contributed by atoms with Crippen molar-refractivity contribution in [3.8, 4) is 5.75 Å². The zero-order valence-electron chi connectivity index (χ0n) is 10.4. The molecule has 98 valence electrons. The van der Waals surface area contributed by atoms with Crippen molar-refractivity contribution in [2.24, 2.45) is 0 Å². The Morgan fingerprint density at radius 3 is 3.17 bits per heavy atom. The van der Waals surface area contributed by atoms with E-state index in [9.17, 15) is 4.79 Å². The van der Waals surface area contributed by atoms with Gasteiger partial charge in [-0.25, -0.2) is 4.79 Å². The summed E-state index contributed by atoms with van der Waals surface area (Å²) in [5.41, 5.74) is 1.19. The molecule has 1 saturated heterocycles. The Balaban J connectivity index is 1.88. The molecule has 0 saturated carbocycles. The lowest BCUT2D eigenvalue weighted by Gasteiger charge is -2.16. The molecule has 2 rings (SSSR count). The van der Waals surface area contributed by atoms with Crippen LogP contribution in [0.2, 0.25) is 0 Å². The number of carbonyl (C=O) groups is 1. The Kier molecular flexibility index (Phi) is 4.04. The van der Waals surface area contributed by atoms with Crippen LogP contribution >= 0.6 is 0 Å². The highest BCUT2D eigenvalue weighted by molar-refractivity contribution is 5.64. The summed E-state index contributed by atoms with van der Waals surface area (Å²) in [6.07, 6.45) is -0.0702. The van der Waals surface area contributed by atoms with E-state index in [1.54, 1.807) is 7.11 Å². The maximum atomic E-state index is 10.6. The van der Waals surface area contributed by atoms with E-state index in [-0.39, 0.29) is 6.04 Å². The minimum atomic E-state index is -0.941. The lowest BCUT2D eigenvalue weighted by Crippen LogP contribution is -2.35. The van der Waals surface area contributed by atoms with Crippen molar-refractivity contribution in [2.75, 3.05) is 20.2 Å². The SMILES string of the molecule is COc1cccc(CN2CC[C@@H](NC(=O)O)C2)c1. The van der Waals surface area contributed by atoms with Gasteiger partial charge in [0, 0.05) is 25.7 Å². The number of nitrogens with zero attached hydrogens (tertiary/aromatic N) is 1. The van der Waals surface area contributed by atoms with Crippen molar-refractivity contribution in [2.45, 2.75) is 19.0 Å². The second-order valence-corrected chi connectivity index (χ2v) is 4.52. The van der Waals surface area contributed by atoms with Crippen LogP contribution in [0.15, 0.2) is 24.3 Å². The van der Waals surface area contributed by atoms with Crippen LogP contribution in [0, 0.1) is 0 Å². The van der Waals surface area contributed by atoms with Crippen molar-refractivity contribution < 1.29 is 14.6 Å². The molecule has 1 fully saturated rings. The highest BCUT2D eigenvalue weighted by Crippen LogP contribution is 2.17. The lowest BCUT2D eigenvalue weighted by molar-refractivity contribution is 0.189. The third-order valence-corrected chi connectivity index (χ3v) is 3.14. The van der Waals surface area contributed by atoms with E-state index in [1.807, 2.05) is 18.2 Å². The first-order valence-corrected chi connectivity index (χ1v) is 6.02. The first kappa shape index (κ1) is 12.7. The maximum absolute atomic E-state index is 10.6. The molecule has 2 N–H and O–H groups in total. The summed E-state index contributed by atoms with van der Waals surface area (Å²) in [6.45, 7) is 2.51. The normalized spacial score (nSPS) is 19.7. The molecule has 0 aliphatic carbocycles. The Hall–Kier alpha value is -1.75. The van der Waals surface area contributed by atoms with E-state index in [2.05, 4.69) is 16.3 Å². The summed E-state index contributed by atoms with van der Waals surface area (Å²) in [5, 5.41) is 11.2. The van der Waals surface area contributed by atoms with Gasteiger partial charge in [-0.05, 0) is 24.1 Å². The van der Waals surface area contributed by atoms with Crippen LogP contribution in [-0.4, -0.2) is 42.3 Å². The van der Waals surface area contributed by atoms with Crippen LogP contribution in [0.4, 0.5) is 4.79 Å². The number of carboxylic acid groups (broad SMARTS) is 1. The van der Waals surface area contributed by atoms with E-state index in [1.165, 1.54) is 5.56 Å². The number of methoxy groups -OCH3 is 1. The molecule has 1 aliphatic rings. The van der Waals surface area contributed by atoms with Crippen LogP contribution < -0.4 is 10.1 Å². The second-order valence-electron chi connectivity index (χ2n) is 4.52. The number of benzene rings is 1. The summed E-state index contributed by atoms with van der Waals surface area (Å²) < 4.78 is 5.18. The first-order valence-electron chi connectivity index (χ1n) is 6.02. The molecular weight excluding hydrogens is 232 g/mol. The molecule has 1 amide bonds. The van der Waals surface area contributed by atoms with Crippen molar-refractivity contribution in [1.29, 1.82) is 0 Å². The monoisotopic (exact) mass is 250 g/mol. The summed E-state index contributed by atoms with van der Waals surface area (Å²) >= 11 is 0. The van der Waals surface area contributed by atoms with Gasteiger partial charge in [0.05, 0.1) is 7.11 Å². The van der Waals surface area contributed by atoms with E-state index >= 15 is 0 Å². The number of rotatable bonds is 4. The fourth-order valence-electron chi connectivity index (χ4n) is 2.30. The average Bonchev–Trinajstić information content (AvgIpc) is 2.76. The van der Waals surface area contributed by atoms with Crippen molar-refractivity contribution >= 4 is 6.09 Å². The Morgan fingerprint density at radius 2 is 2.44 bits per heavy atom. The molecule has 5 heteroatoms. The van der Waals surface area contributed by atoms with Gasteiger partial charge < -0.3 is 15.2 Å². The molecule has 5 nitrogen and oxygen atoms in total. The molecule has 1 aliphatic heterocycles. The van der Waals surface area contributed by atoms with Gasteiger partial charge in [0.25, 0.3) is 0 Å². The highest BCUT2D eigenvalue weighted by atomic mass is 16.5. The van der Waals surface area contributed by atoms with Gasteiger partial charge in [0.15, 0.2) is 0 Å². The quantitative estimate of drug-likeness (QED) is 0.851. The largest absolute Gasteiger partial charge is 0.497 e. The topological polar surface area (TPSA) is 61.8 Å². The molecule has 0 radical (unpaired) electrons. The van der Waals surface area contributed by atoms with Gasteiger partial charge in [-0.1, -0.05) is 12.1 Å². The van der Waals surface area contributed by atoms with Crippen LogP contribution in [0.3, 0.4) is 0 Å². The van der Waals surface area contributed by atoms with Crippen LogP contribution in [0.25, 0.3) is 0 Å². The molecule has 1 heterocycles. The molecule has 18 heavy (non-hydrogen) atoms. The van der Waals surface area contributed by atoms with Gasteiger partial charge >= 0.3 is 6.09 Å². The Labute approximate surface area is 106 Å². The highest BCUT2D eigenvalue weighted by Gasteiger charge is 2.23. The van der Waals surface area contributed by atoms with E-state index < -0.39 is 6.09 Å². The number of amides is 1. The predicted molar refractivity (Wildman–Crippen MR) is 67.8 cm³/mol. The van der Waals surface area contributed by atoms with Crippen LogP contribution in [0.1, 0.15) is 12.0 Å². The maximum Gasteiger partial charge on any atom is 0.404 e. The van der Waals surface area contributed by atoms with Gasteiger partial charge in [0.1, 0.15) is 5.75 Å². The number of hydrogen-bond acceptors (Lipinski definition) is 3. The van der Waals surface area contributed by atoms with Crippen LogP contribution in [0.5, 0.6) is 5.75 Å². The summed E-state index contributed by atoms with van der Waals surface area (Å²) in [7, 11) is 1.65. The molecule has 0 spiro atoms. The van der Waals surface area contributed by atoms with Gasteiger partial charge in [-0.15, -0.1) is 0 Å². The van der Waals surface area contributed by atoms with Gasteiger partial charge in [-0.3, -0.25) is 4.90 Å². The minimum Gasteiger partial charge on any atom is -0.497 e. The van der Waals surface area contributed by atoms with E-state index in [0.717, 1.165) is 31.8 Å². The standard InChI is InChI=1S/C13H18N2O3/c1-18-12-4-2-3-10(7-12)8-15-6-5-11(9-15)14-13(16)17/h2-4,7,11,14H,5-6,8-9H2,1H3,(H,16,17)/t11-/m1/s1. The average molecular weight is 250 g/mol. The summed E-state index contributed by atoms with van der Waals surface area (Å²) in [6, 6.07) is 8.01. The predicted octanol–water partition coefficient (Wildman–Crippen LogP) is 1.54. The Morgan fingerprint density at radius 1 is 1.61 bits per heavy atom. The number of hydrogen-bond donors (Lipinski definition) is 2. The van der Waals surface area contributed by atoms with Gasteiger partial charge in [-0.2, -0.15) is 0 Å². The molecule has 1 atom stereocenters. The van der Waals surface area contributed by atoms with Crippen molar-refractivity contribution in [1.82, 2.24) is 10.2 Å². The molecule has 1 aromatic carbocycles. The fourth-order valence-corrected chi connectivity index (χ4v) is 2.30. The molecule has 1 aromatic rings. The van der Waals surface area contributed by atoms with E-state index in [4.69, 9.17) is 9.84 Å². The number of ether oxygens (including phenoxy) is 1. The third-order valence-electron chi connectivity index (χ3n) is 3.14. The third kappa shape index (κ3) is 3.37. The molecule has 0 bridgehead atoms.